The van der Waals surface area contributed by atoms with Crippen LogP contribution >= 0.6 is 0 Å². The second kappa shape index (κ2) is 5.20. The van der Waals surface area contributed by atoms with Crippen molar-refractivity contribution in [1.29, 1.82) is 0 Å². The molecule has 0 aliphatic heterocycles. The van der Waals surface area contributed by atoms with E-state index in [2.05, 4.69) is 6.58 Å². The lowest BCUT2D eigenvalue weighted by Crippen LogP contribution is -2.26. The first-order valence-corrected chi connectivity index (χ1v) is 4.77. The van der Waals surface area contributed by atoms with Crippen LogP contribution in [0.2, 0.25) is 0 Å². The molecule has 0 radical (unpaired) electrons. The van der Waals surface area contributed by atoms with Gasteiger partial charge in [-0.15, -0.1) is 6.58 Å². The summed E-state index contributed by atoms with van der Waals surface area (Å²) in [7, 11) is 1.53. The van der Waals surface area contributed by atoms with Gasteiger partial charge in [0.05, 0.1) is 4.92 Å². The van der Waals surface area contributed by atoms with E-state index in [1.165, 1.54) is 24.1 Å². The summed E-state index contributed by atoms with van der Waals surface area (Å²) < 4.78 is 13.1. The van der Waals surface area contributed by atoms with Crippen molar-refractivity contribution in [1.82, 2.24) is 4.90 Å². The smallest absolute Gasteiger partial charge is 0.305 e. The van der Waals surface area contributed by atoms with Gasteiger partial charge >= 0.3 is 5.69 Å². The molecule has 0 aliphatic carbocycles. The summed E-state index contributed by atoms with van der Waals surface area (Å²) in [5.74, 6) is -1.38. The van der Waals surface area contributed by atoms with E-state index in [1.54, 1.807) is 0 Å². The Hall–Kier alpha value is -2.24. The molecule has 0 saturated heterocycles. The average molecular weight is 238 g/mol. The maximum Gasteiger partial charge on any atom is 0.305 e. The minimum atomic E-state index is -0.960. The van der Waals surface area contributed by atoms with Gasteiger partial charge < -0.3 is 4.90 Å². The van der Waals surface area contributed by atoms with E-state index >= 15 is 0 Å². The van der Waals surface area contributed by atoms with Crippen LogP contribution in [0.15, 0.2) is 30.9 Å². The molecule has 1 rings (SSSR count). The summed E-state index contributed by atoms with van der Waals surface area (Å²) in [6.07, 6.45) is 1.52. The molecule has 0 aromatic heterocycles. The number of hydrogen-bond acceptors (Lipinski definition) is 3. The lowest BCUT2D eigenvalue weighted by molar-refractivity contribution is -0.387. The van der Waals surface area contributed by atoms with Gasteiger partial charge in [-0.25, -0.2) is 0 Å². The number of hydrogen-bond donors (Lipinski definition) is 0. The number of nitro groups is 1. The second-order valence-electron chi connectivity index (χ2n) is 3.40. The van der Waals surface area contributed by atoms with Crippen molar-refractivity contribution in [2.45, 2.75) is 0 Å². The zero-order valence-corrected chi connectivity index (χ0v) is 9.22. The Morgan fingerprint density at radius 3 is 2.82 bits per heavy atom. The molecule has 0 bridgehead atoms. The Kier molecular flexibility index (Phi) is 3.92. The zero-order chi connectivity index (χ0) is 13.0. The Morgan fingerprint density at radius 2 is 2.29 bits per heavy atom. The van der Waals surface area contributed by atoms with Crippen LogP contribution in [0.1, 0.15) is 10.4 Å². The third-order valence-corrected chi connectivity index (χ3v) is 2.14. The standard InChI is InChI=1S/C11H11FN2O3/c1-3-6-13(2)11(15)8-4-5-9(12)10(7-8)14(16)17/h3-5,7H,1,6H2,2H3. The number of likely N-dealkylation sites (N-methyl/N-ethyl adjacent to an activating group) is 1. The van der Waals surface area contributed by atoms with Crippen LogP contribution in [0.4, 0.5) is 10.1 Å². The number of nitro benzene ring substituents is 1. The fraction of sp³-hybridized carbons (Fsp3) is 0.182. The third kappa shape index (κ3) is 2.87. The van der Waals surface area contributed by atoms with Crippen LogP contribution in [-0.4, -0.2) is 29.3 Å². The van der Waals surface area contributed by atoms with E-state index in [-0.39, 0.29) is 5.56 Å². The topological polar surface area (TPSA) is 63.5 Å². The second-order valence-corrected chi connectivity index (χ2v) is 3.40. The first-order valence-electron chi connectivity index (χ1n) is 4.77. The summed E-state index contributed by atoms with van der Waals surface area (Å²) in [6.45, 7) is 3.78. The Balaban J connectivity index is 3.07. The molecule has 0 saturated carbocycles. The molecule has 0 aliphatic rings. The summed E-state index contributed by atoms with van der Waals surface area (Å²) in [6, 6.07) is 3.05. The fourth-order valence-corrected chi connectivity index (χ4v) is 1.28. The van der Waals surface area contributed by atoms with Gasteiger partial charge in [0.1, 0.15) is 0 Å². The van der Waals surface area contributed by atoms with Gasteiger partial charge in [-0.2, -0.15) is 4.39 Å². The highest BCUT2D eigenvalue weighted by Crippen LogP contribution is 2.19. The van der Waals surface area contributed by atoms with E-state index in [9.17, 15) is 19.3 Å². The molecule has 0 N–H and O–H groups in total. The molecule has 6 heteroatoms. The predicted molar refractivity (Wildman–Crippen MR) is 60.2 cm³/mol. The highest BCUT2D eigenvalue weighted by atomic mass is 19.1. The highest BCUT2D eigenvalue weighted by molar-refractivity contribution is 5.94. The van der Waals surface area contributed by atoms with Crippen LogP contribution < -0.4 is 0 Å². The molecule has 5 nitrogen and oxygen atoms in total. The molecular formula is C11H11FN2O3. The Labute approximate surface area is 97.3 Å². The van der Waals surface area contributed by atoms with Crippen molar-refractivity contribution in [3.63, 3.8) is 0 Å². The number of benzene rings is 1. The number of rotatable bonds is 4. The van der Waals surface area contributed by atoms with Gasteiger partial charge in [-0.3, -0.25) is 14.9 Å². The number of carbonyl (C=O) groups is 1. The van der Waals surface area contributed by atoms with Crippen LogP contribution in [0.3, 0.4) is 0 Å². The zero-order valence-electron chi connectivity index (χ0n) is 9.22. The molecule has 1 amide bonds. The normalized spacial score (nSPS) is 9.76. The van der Waals surface area contributed by atoms with Gasteiger partial charge in [0.25, 0.3) is 5.91 Å². The first-order chi connectivity index (χ1) is 7.97. The first kappa shape index (κ1) is 12.8. The van der Waals surface area contributed by atoms with E-state index in [0.717, 1.165) is 12.1 Å². The maximum atomic E-state index is 13.1. The molecule has 0 heterocycles. The minimum absolute atomic E-state index is 0.0717. The molecule has 17 heavy (non-hydrogen) atoms. The number of nitrogens with zero attached hydrogens (tertiary/aromatic N) is 2. The van der Waals surface area contributed by atoms with Crippen molar-refractivity contribution >= 4 is 11.6 Å². The molecule has 1 aromatic carbocycles. The number of amides is 1. The predicted octanol–water partition coefficient (Wildman–Crippen LogP) is 1.99. The van der Waals surface area contributed by atoms with Crippen molar-refractivity contribution in [3.05, 3.63) is 52.3 Å². The molecule has 0 unspecified atom stereocenters. The fourth-order valence-electron chi connectivity index (χ4n) is 1.28. The minimum Gasteiger partial charge on any atom is -0.338 e. The van der Waals surface area contributed by atoms with Gasteiger partial charge in [-0.05, 0) is 12.1 Å². The highest BCUT2D eigenvalue weighted by Gasteiger charge is 2.18. The Morgan fingerprint density at radius 1 is 1.65 bits per heavy atom. The monoisotopic (exact) mass is 238 g/mol. The van der Waals surface area contributed by atoms with Crippen LogP contribution in [0, 0.1) is 15.9 Å². The average Bonchev–Trinajstić information content (AvgIpc) is 2.28. The van der Waals surface area contributed by atoms with Crippen molar-refractivity contribution in [2.24, 2.45) is 0 Å². The summed E-state index contributed by atoms with van der Waals surface area (Å²) in [5.41, 5.74) is -0.634. The summed E-state index contributed by atoms with van der Waals surface area (Å²) >= 11 is 0. The SMILES string of the molecule is C=CCN(C)C(=O)c1ccc(F)c([N+](=O)[O-])c1. The Bertz CT molecular complexity index is 474. The summed E-state index contributed by atoms with van der Waals surface area (Å²) in [4.78, 5) is 22.7. The van der Waals surface area contributed by atoms with Gasteiger partial charge in [0.2, 0.25) is 5.82 Å². The lowest BCUT2D eigenvalue weighted by atomic mass is 10.1. The molecule has 1 aromatic rings. The molecule has 0 fully saturated rings. The van der Waals surface area contributed by atoms with Crippen LogP contribution in [0.25, 0.3) is 0 Å². The molecule has 0 spiro atoms. The quantitative estimate of drug-likeness (QED) is 0.457. The van der Waals surface area contributed by atoms with Gasteiger partial charge in [0, 0.05) is 25.2 Å². The molecular weight excluding hydrogens is 227 g/mol. The van der Waals surface area contributed by atoms with Crippen molar-refractivity contribution < 1.29 is 14.1 Å². The molecule has 0 atom stereocenters. The van der Waals surface area contributed by atoms with Crippen molar-refractivity contribution in [3.8, 4) is 0 Å². The molecule has 90 valence electrons. The number of carbonyl (C=O) groups excluding carboxylic acids is 1. The lowest BCUT2D eigenvalue weighted by Gasteiger charge is -2.14. The van der Waals surface area contributed by atoms with Gasteiger partial charge in [-0.1, -0.05) is 6.08 Å². The van der Waals surface area contributed by atoms with Crippen molar-refractivity contribution in [2.75, 3.05) is 13.6 Å². The van der Waals surface area contributed by atoms with E-state index in [0.29, 0.717) is 6.54 Å². The number of halogens is 1. The van der Waals surface area contributed by atoms with Crippen LogP contribution in [-0.2, 0) is 0 Å². The van der Waals surface area contributed by atoms with Crippen LogP contribution in [0.5, 0.6) is 0 Å². The van der Waals surface area contributed by atoms with E-state index in [1.807, 2.05) is 0 Å². The summed E-state index contributed by atoms with van der Waals surface area (Å²) in [5, 5.41) is 10.5. The van der Waals surface area contributed by atoms with E-state index in [4.69, 9.17) is 0 Å². The third-order valence-electron chi connectivity index (χ3n) is 2.14. The largest absolute Gasteiger partial charge is 0.338 e. The van der Waals surface area contributed by atoms with Gasteiger partial charge in [0.15, 0.2) is 0 Å². The van der Waals surface area contributed by atoms with E-state index < -0.39 is 22.3 Å². The maximum absolute atomic E-state index is 13.1.